The second-order valence-corrected chi connectivity index (χ2v) is 4.83. The molecule has 0 aliphatic carbocycles. The number of likely N-dealkylation sites (N-methyl/N-ethyl adjacent to an activating group) is 1. The van der Waals surface area contributed by atoms with Gasteiger partial charge in [-0.1, -0.05) is 6.92 Å². The van der Waals surface area contributed by atoms with Crippen molar-refractivity contribution in [2.45, 2.75) is 33.2 Å². The molecule has 0 radical (unpaired) electrons. The van der Waals surface area contributed by atoms with Crippen molar-refractivity contribution in [3.8, 4) is 0 Å². The molecule has 16 heavy (non-hydrogen) atoms. The quantitative estimate of drug-likeness (QED) is 0.692. The third kappa shape index (κ3) is 4.49. The van der Waals surface area contributed by atoms with Crippen molar-refractivity contribution in [3.05, 3.63) is 0 Å². The largest absolute Gasteiger partial charge is 0.355 e. The van der Waals surface area contributed by atoms with Crippen molar-refractivity contribution in [1.82, 2.24) is 15.5 Å². The van der Waals surface area contributed by atoms with Gasteiger partial charge in [0.05, 0.1) is 6.54 Å². The molecular weight excluding hydrogens is 202 g/mol. The summed E-state index contributed by atoms with van der Waals surface area (Å²) in [5.74, 6) is 0.748. The van der Waals surface area contributed by atoms with Gasteiger partial charge in [-0.2, -0.15) is 0 Å². The summed E-state index contributed by atoms with van der Waals surface area (Å²) in [6.07, 6.45) is 1.21. The number of hydrogen-bond acceptors (Lipinski definition) is 3. The maximum atomic E-state index is 11.4. The van der Waals surface area contributed by atoms with E-state index in [2.05, 4.69) is 29.4 Å². The second kappa shape index (κ2) is 6.86. The predicted octanol–water partition coefficient (Wildman–Crippen LogP) is 0.442. The lowest BCUT2D eigenvalue weighted by molar-refractivity contribution is -0.120. The van der Waals surface area contributed by atoms with E-state index in [9.17, 15) is 4.79 Å². The van der Waals surface area contributed by atoms with Crippen molar-refractivity contribution < 1.29 is 4.79 Å². The van der Waals surface area contributed by atoms with E-state index in [1.54, 1.807) is 0 Å². The number of rotatable bonds is 6. The van der Waals surface area contributed by atoms with Crippen LogP contribution < -0.4 is 10.6 Å². The summed E-state index contributed by atoms with van der Waals surface area (Å²) in [6.45, 7) is 10.9. The first kappa shape index (κ1) is 13.5. The lowest BCUT2D eigenvalue weighted by Gasteiger charge is -2.20. The number of nitrogens with zero attached hydrogens (tertiary/aromatic N) is 1. The van der Waals surface area contributed by atoms with Gasteiger partial charge in [-0.15, -0.1) is 0 Å². The Labute approximate surface area is 98.8 Å². The Hall–Kier alpha value is -0.610. The number of likely N-dealkylation sites (tertiary alicyclic amines) is 1. The van der Waals surface area contributed by atoms with Gasteiger partial charge in [-0.05, 0) is 39.3 Å². The summed E-state index contributed by atoms with van der Waals surface area (Å²) in [6, 6.07) is 0.627. The van der Waals surface area contributed by atoms with Gasteiger partial charge < -0.3 is 15.5 Å². The fourth-order valence-electron chi connectivity index (χ4n) is 2.06. The van der Waals surface area contributed by atoms with E-state index < -0.39 is 0 Å². The van der Waals surface area contributed by atoms with Crippen LogP contribution in [0.4, 0.5) is 0 Å². The van der Waals surface area contributed by atoms with Crippen LogP contribution in [0.1, 0.15) is 27.2 Å². The van der Waals surface area contributed by atoms with Crippen molar-refractivity contribution in [3.63, 3.8) is 0 Å². The number of amides is 1. The first-order valence-corrected chi connectivity index (χ1v) is 6.35. The molecule has 0 saturated carbocycles. The van der Waals surface area contributed by atoms with E-state index in [0.717, 1.165) is 19.6 Å². The van der Waals surface area contributed by atoms with Crippen LogP contribution in [-0.2, 0) is 4.79 Å². The van der Waals surface area contributed by atoms with Crippen LogP contribution >= 0.6 is 0 Å². The topological polar surface area (TPSA) is 44.4 Å². The molecule has 1 heterocycles. The van der Waals surface area contributed by atoms with Crippen LogP contribution in [0.15, 0.2) is 0 Å². The van der Waals surface area contributed by atoms with Gasteiger partial charge in [0.15, 0.2) is 0 Å². The molecule has 1 unspecified atom stereocenters. The van der Waals surface area contributed by atoms with E-state index in [1.165, 1.54) is 13.0 Å². The first-order valence-electron chi connectivity index (χ1n) is 6.35. The molecule has 1 saturated heterocycles. The lowest BCUT2D eigenvalue weighted by atomic mass is 10.1. The molecule has 0 aromatic rings. The van der Waals surface area contributed by atoms with Gasteiger partial charge >= 0.3 is 0 Å². The van der Waals surface area contributed by atoms with Gasteiger partial charge in [-0.25, -0.2) is 0 Å². The number of carbonyl (C=O) groups is 1. The third-order valence-corrected chi connectivity index (χ3v) is 3.17. The third-order valence-electron chi connectivity index (χ3n) is 3.17. The van der Waals surface area contributed by atoms with Crippen LogP contribution in [0.5, 0.6) is 0 Å². The Morgan fingerprint density at radius 3 is 2.81 bits per heavy atom. The zero-order chi connectivity index (χ0) is 12.0. The Balaban J connectivity index is 2.12. The molecule has 4 nitrogen and oxygen atoms in total. The smallest absolute Gasteiger partial charge is 0.233 e. The maximum Gasteiger partial charge on any atom is 0.233 e. The first-order chi connectivity index (χ1) is 7.63. The fourth-order valence-corrected chi connectivity index (χ4v) is 2.06. The zero-order valence-electron chi connectivity index (χ0n) is 10.8. The highest BCUT2D eigenvalue weighted by Crippen LogP contribution is 2.17. The normalized spacial score (nSPS) is 21.6. The van der Waals surface area contributed by atoms with Gasteiger partial charge in [0.2, 0.25) is 5.91 Å². The average Bonchev–Trinajstić information content (AvgIpc) is 2.72. The second-order valence-electron chi connectivity index (χ2n) is 4.83. The molecule has 1 fully saturated rings. The highest BCUT2D eigenvalue weighted by molar-refractivity contribution is 5.77. The minimum absolute atomic E-state index is 0.116. The fraction of sp³-hybridized carbons (Fsp3) is 0.917. The molecule has 1 rings (SSSR count). The number of hydrogen-bond donors (Lipinski definition) is 2. The maximum absolute atomic E-state index is 11.4. The van der Waals surface area contributed by atoms with Gasteiger partial charge in [0.1, 0.15) is 0 Å². The molecule has 1 atom stereocenters. The van der Waals surface area contributed by atoms with Crippen molar-refractivity contribution in [1.29, 1.82) is 0 Å². The Morgan fingerprint density at radius 2 is 2.25 bits per heavy atom. The summed E-state index contributed by atoms with van der Waals surface area (Å²) in [5.41, 5.74) is 0. The molecule has 1 aliphatic heterocycles. The molecule has 1 aliphatic rings. The van der Waals surface area contributed by atoms with Crippen LogP contribution in [0.2, 0.25) is 0 Å². The van der Waals surface area contributed by atoms with E-state index in [1.807, 2.05) is 6.92 Å². The van der Waals surface area contributed by atoms with E-state index in [-0.39, 0.29) is 5.91 Å². The van der Waals surface area contributed by atoms with E-state index in [4.69, 9.17) is 0 Å². The molecular formula is C12H25N3O. The highest BCUT2D eigenvalue weighted by atomic mass is 16.1. The highest BCUT2D eigenvalue weighted by Gasteiger charge is 2.24. The summed E-state index contributed by atoms with van der Waals surface area (Å²) in [7, 11) is 0. The Bertz CT molecular complexity index is 218. The standard InChI is InChI=1S/C12H25N3O/c1-4-13-8-12(16)14-7-11-5-6-15(9-11)10(2)3/h10-11,13H,4-9H2,1-3H3,(H,14,16). The zero-order valence-corrected chi connectivity index (χ0v) is 10.8. The molecule has 0 bridgehead atoms. The predicted molar refractivity (Wildman–Crippen MR) is 66.4 cm³/mol. The van der Waals surface area contributed by atoms with Crippen LogP contribution in [0, 0.1) is 5.92 Å². The van der Waals surface area contributed by atoms with Gasteiger partial charge in [0, 0.05) is 19.1 Å². The number of carbonyl (C=O) groups excluding carboxylic acids is 1. The van der Waals surface area contributed by atoms with Crippen LogP contribution in [0.25, 0.3) is 0 Å². The van der Waals surface area contributed by atoms with Crippen molar-refractivity contribution in [2.24, 2.45) is 5.92 Å². The summed E-state index contributed by atoms with van der Waals surface area (Å²) in [5, 5.41) is 6.02. The molecule has 1 amide bonds. The Kier molecular flexibility index (Phi) is 5.77. The lowest BCUT2D eigenvalue weighted by Crippen LogP contribution is -2.37. The van der Waals surface area contributed by atoms with Crippen LogP contribution in [-0.4, -0.2) is 49.6 Å². The Morgan fingerprint density at radius 1 is 1.50 bits per heavy atom. The van der Waals surface area contributed by atoms with Crippen molar-refractivity contribution >= 4 is 5.91 Å². The molecule has 2 N–H and O–H groups in total. The van der Waals surface area contributed by atoms with E-state index in [0.29, 0.717) is 18.5 Å². The van der Waals surface area contributed by atoms with Gasteiger partial charge in [0.25, 0.3) is 0 Å². The van der Waals surface area contributed by atoms with Crippen LogP contribution in [0.3, 0.4) is 0 Å². The number of nitrogens with one attached hydrogen (secondary N) is 2. The molecule has 4 heteroatoms. The van der Waals surface area contributed by atoms with E-state index >= 15 is 0 Å². The summed E-state index contributed by atoms with van der Waals surface area (Å²) < 4.78 is 0. The minimum Gasteiger partial charge on any atom is -0.355 e. The molecule has 0 aromatic carbocycles. The SMILES string of the molecule is CCNCC(=O)NCC1CCN(C(C)C)C1. The van der Waals surface area contributed by atoms with Crippen molar-refractivity contribution in [2.75, 3.05) is 32.7 Å². The summed E-state index contributed by atoms with van der Waals surface area (Å²) >= 11 is 0. The average molecular weight is 227 g/mol. The molecule has 0 aromatic heterocycles. The molecule has 0 spiro atoms. The van der Waals surface area contributed by atoms with Gasteiger partial charge in [-0.3, -0.25) is 4.79 Å². The monoisotopic (exact) mass is 227 g/mol. The minimum atomic E-state index is 0.116. The summed E-state index contributed by atoms with van der Waals surface area (Å²) in [4.78, 5) is 13.9. The molecule has 94 valence electrons.